The lowest BCUT2D eigenvalue weighted by atomic mass is 10.00. The predicted molar refractivity (Wildman–Crippen MR) is 118 cm³/mol. The number of hydrazone groups is 1. The summed E-state index contributed by atoms with van der Waals surface area (Å²) in [6.45, 7) is 0. The Morgan fingerprint density at radius 2 is 1.71 bits per heavy atom. The van der Waals surface area contributed by atoms with Gasteiger partial charge in [-0.25, -0.2) is 0 Å². The van der Waals surface area contributed by atoms with Crippen LogP contribution in [0.1, 0.15) is 27.5 Å². The van der Waals surface area contributed by atoms with Gasteiger partial charge in [-0.1, -0.05) is 54.1 Å². The highest BCUT2D eigenvalue weighted by atomic mass is 35.5. The summed E-state index contributed by atoms with van der Waals surface area (Å²) in [5.41, 5.74) is 4.92. The summed E-state index contributed by atoms with van der Waals surface area (Å²) in [7, 11) is 1.56. The maximum absolute atomic E-state index is 12.9. The van der Waals surface area contributed by atoms with Gasteiger partial charge in [0.2, 0.25) is 12.3 Å². The van der Waals surface area contributed by atoms with E-state index in [4.69, 9.17) is 16.3 Å². The first-order chi connectivity index (χ1) is 15.1. The second-order valence-electron chi connectivity index (χ2n) is 7.07. The molecule has 4 rings (SSSR count). The Morgan fingerprint density at radius 1 is 1.03 bits per heavy atom. The third-order valence-electron chi connectivity index (χ3n) is 5.10. The van der Waals surface area contributed by atoms with Crippen LogP contribution in [0.2, 0.25) is 5.02 Å². The maximum atomic E-state index is 12.9. The Balaban J connectivity index is 1.68. The number of hydrogen-bond donors (Lipinski definition) is 2. The number of amides is 2. The molecule has 2 atom stereocenters. The summed E-state index contributed by atoms with van der Waals surface area (Å²) in [5.74, 6) is 0.000169. The average Bonchev–Trinajstić information content (AvgIpc) is 3.10. The highest BCUT2D eigenvalue weighted by Crippen LogP contribution is 2.26. The minimum atomic E-state index is -0.796. The van der Waals surface area contributed by atoms with Gasteiger partial charge in [-0.05, 0) is 36.4 Å². The minimum Gasteiger partial charge on any atom is -0.497 e. The molecule has 0 spiro atoms. The first-order valence-corrected chi connectivity index (χ1v) is 10.1. The molecule has 0 aliphatic carbocycles. The Hall–Kier alpha value is -3.64. The maximum Gasteiger partial charge on any atom is 0.304 e. The number of ether oxygens (including phenoxy) is 1. The van der Waals surface area contributed by atoms with E-state index in [1.807, 2.05) is 48.5 Å². The van der Waals surface area contributed by atoms with E-state index in [1.165, 1.54) is 0 Å². The van der Waals surface area contributed by atoms with Gasteiger partial charge in [0.25, 0.3) is 5.91 Å². The molecule has 1 saturated heterocycles. The molecule has 1 aliphatic rings. The van der Waals surface area contributed by atoms with Crippen molar-refractivity contribution in [2.75, 3.05) is 7.11 Å². The van der Waals surface area contributed by atoms with E-state index in [1.54, 1.807) is 48.3 Å². The molecule has 2 N–H and O–H groups in total. The predicted octanol–water partition coefficient (Wildman–Crippen LogP) is 3.36. The van der Waals surface area contributed by atoms with Gasteiger partial charge in [0, 0.05) is 11.1 Å². The van der Waals surface area contributed by atoms with Crippen molar-refractivity contribution < 1.29 is 19.0 Å². The highest BCUT2D eigenvalue weighted by molar-refractivity contribution is 6.32. The molecule has 156 valence electrons. The summed E-state index contributed by atoms with van der Waals surface area (Å²) >= 11 is 6.31. The lowest BCUT2D eigenvalue weighted by molar-refractivity contribution is -0.596. The molecule has 7 heteroatoms. The zero-order valence-corrected chi connectivity index (χ0v) is 17.5. The van der Waals surface area contributed by atoms with Crippen molar-refractivity contribution in [2.45, 2.75) is 12.1 Å². The van der Waals surface area contributed by atoms with Gasteiger partial charge < -0.3 is 10.1 Å². The molecule has 0 aromatic heterocycles. The molecular formula is C24H21ClN3O3+. The molecule has 1 heterocycles. The summed E-state index contributed by atoms with van der Waals surface area (Å²) in [6.07, 6.45) is 1.78. The molecule has 6 nitrogen and oxygen atoms in total. The SMILES string of the molecule is COc1ccc(C(=O)N[C@@H]2C(=O)N/[N+](=C\c3ccccc3Cl)[C@@H]2c2ccccc2)cc1. The molecule has 2 amide bonds. The molecule has 0 radical (unpaired) electrons. The van der Waals surface area contributed by atoms with Crippen LogP contribution in [0.3, 0.4) is 0 Å². The van der Waals surface area contributed by atoms with Crippen molar-refractivity contribution in [1.29, 1.82) is 0 Å². The van der Waals surface area contributed by atoms with Gasteiger partial charge in [0.05, 0.1) is 17.7 Å². The Morgan fingerprint density at radius 3 is 2.39 bits per heavy atom. The van der Waals surface area contributed by atoms with Gasteiger partial charge in [0.15, 0.2) is 6.04 Å². The molecule has 3 aromatic carbocycles. The molecule has 0 bridgehead atoms. The fourth-order valence-electron chi connectivity index (χ4n) is 3.53. The van der Waals surface area contributed by atoms with Gasteiger partial charge >= 0.3 is 5.91 Å². The van der Waals surface area contributed by atoms with Crippen molar-refractivity contribution in [1.82, 2.24) is 10.7 Å². The second kappa shape index (κ2) is 9.02. The van der Waals surface area contributed by atoms with E-state index >= 15 is 0 Å². The summed E-state index contributed by atoms with van der Waals surface area (Å²) in [4.78, 5) is 25.7. The van der Waals surface area contributed by atoms with E-state index in [9.17, 15) is 9.59 Å². The molecule has 1 fully saturated rings. The van der Waals surface area contributed by atoms with Gasteiger partial charge in [-0.3, -0.25) is 9.59 Å². The quantitative estimate of drug-likeness (QED) is 0.605. The Kier molecular flexibility index (Phi) is 6.00. The van der Waals surface area contributed by atoms with Crippen LogP contribution in [0, 0.1) is 0 Å². The smallest absolute Gasteiger partial charge is 0.304 e. The van der Waals surface area contributed by atoms with Gasteiger partial charge in [0.1, 0.15) is 5.75 Å². The van der Waals surface area contributed by atoms with Crippen molar-refractivity contribution in [3.8, 4) is 5.75 Å². The lowest BCUT2D eigenvalue weighted by Crippen LogP contribution is -2.42. The molecular weight excluding hydrogens is 414 g/mol. The van der Waals surface area contributed by atoms with Crippen LogP contribution in [0.15, 0.2) is 78.9 Å². The zero-order valence-electron chi connectivity index (χ0n) is 16.8. The molecule has 31 heavy (non-hydrogen) atoms. The van der Waals surface area contributed by atoms with Crippen LogP contribution in [0.25, 0.3) is 0 Å². The molecule has 1 aliphatic heterocycles. The van der Waals surface area contributed by atoms with Crippen molar-refractivity contribution in [3.05, 3.63) is 101 Å². The van der Waals surface area contributed by atoms with Crippen molar-refractivity contribution >= 4 is 29.6 Å². The number of hydrazine groups is 1. The number of methoxy groups -OCH3 is 1. The van der Waals surface area contributed by atoms with Crippen LogP contribution in [0.4, 0.5) is 0 Å². The Bertz CT molecular complexity index is 1130. The van der Waals surface area contributed by atoms with Crippen LogP contribution >= 0.6 is 11.6 Å². The van der Waals surface area contributed by atoms with Gasteiger partial charge in [-0.15, -0.1) is 10.1 Å². The number of hydrogen-bond acceptors (Lipinski definition) is 3. The number of nitrogens with zero attached hydrogens (tertiary/aromatic N) is 1. The first kappa shape index (κ1) is 20.6. The number of nitrogens with one attached hydrogen (secondary N) is 2. The van der Waals surface area contributed by atoms with Crippen LogP contribution in [-0.4, -0.2) is 35.9 Å². The van der Waals surface area contributed by atoms with E-state index in [-0.39, 0.29) is 11.8 Å². The highest BCUT2D eigenvalue weighted by Gasteiger charge is 2.47. The van der Waals surface area contributed by atoms with E-state index < -0.39 is 12.1 Å². The van der Waals surface area contributed by atoms with Crippen LogP contribution < -0.4 is 15.5 Å². The number of benzene rings is 3. The van der Waals surface area contributed by atoms with Crippen LogP contribution in [0.5, 0.6) is 5.75 Å². The average molecular weight is 435 g/mol. The number of rotatable bonds is 5. The third-order valence-corrected chi connectivity index (χ3v) is 5.44. The topological polar surface area (TPSA) is 70.4 Å². The molecule has 3 aromatic rings. The summed E-state index contributed by atoms with van der Waals surface area (Å²) < 4.78 is 6.83. The number of carbonyl (C=O) groups excluding carboxylic acids is 2. The van der Waals surface area contributed by atoms with Crippen molar-refractivity contribution in [3.63, 3.8) is 0 Å². The summed E-state index contributed by atoms with van der Waals surface area (Å²) in [6, 6.07) is 22.4. The first-order valence-electron chi connectivity index (χ1n) is 9.75. The standard InChI is InChI=1S/C24H20ClN3O3/c1-31-19-13-11-17(12-14-19)23(29)26-21-22(16-7-3-2-4-8-16)28(27-24(21)30)15-18-9-5-6-10-20(18)25/h2-15,21-22H,1H3,(H-,26,27,29,30)/p+1/b28-15-/t21-,22+/m0/s1. The lowest BCUT2D eigenvalue weighted by Gasteiger charge is -2.15. The van der Waals surface area contributed by atoms with Gasteiger partial charge in [-0.2, -0.15) is 0 Å². The molecule has 0 saturated carbocycles. The minimum absolute atomic E-state index is 0.306. The zero-order chi connectivity index (χ0) is 21.8. The third kappa shape index (κ3) is 4.44. The summed E-state index contributed by atoms with van der Waals surface area (Å²) in [5, 5.41) is 3.44. The van der Waals surface area contributed by atoms with Crippen LogP contribution in [-0.2, 0) is 4.79 Å². The fraction of sp³-hybridized carbons (Fsp3) is 0.125. The fourth-order valence-corrected chi connectivity index (χ4v) is 3.71. The monoisotopic (exact) mass is 434 g/mol. The van der Waals surface area contributed by atoms with E-state index in [0.29, 0.717) is 16.3 Å². The normalized spacial score (nSPS) is 19.2. The second-order valence-corrected chi connectivity index (χ2v) is 7.48. The molecule has 0 unspecified atom stereocenters. The Labute approximate surface area is 185 Å². The number of halogens is 1. The number of carbonyl (C=O) groups is 2. The van der Waals surface area contributed by atoms with Crippen molar-refractivity contribution in [2.24, 2.45) is 0 Å². The largest absolute Gasteiger partial charge is 0.497 e. The van der Waals surface area contributed by atoms with E-state index in [2.05, 4.69) is 10.7 Å². The van der Waals surface area contributed by atoms with E-state index in [0.717, 1.165) is 11.1 Å².